The third kappa shape index (κ3) is 3.99. The van der Waals surface area contributed by atoms with E-state index in [4.69, 9.17) is 22.1 Å². The summed E-state index contributed by atoms with van der Waals surface area (Å²) >= 11 is 6.27. The van der Waals surface area contributed by atoms with Gasteiger partial charge in [-0.15, -0.1) is 0 Å². The Balaban J connectivity index is 2.11. The van der Waals surface area contributed by atoms with Crippen LogP contribution in [0.1, 0.15) is 24.5 Å². The van der Waals surface area contributed by atoms with E-state index < -0.39 is 0 Å². The molecule has 2 rings (SSSR count). The van der Waals surface area contributed by atoms with Gasteiger partial charge in [0.25, 0.3) is 0 Å². The van der Waals surface area contributed by atoms with Crippen molar-refractivity contribution in [1.82, 2.24) is 0 Å². The van der Waals surface area contributed by atoms with Crippen LogP contribution < -0.4 is 10.5 Å². The number of nitrogens with two attached hydrogens (primary N) is 1. The quantitative estimate of drug-likeness (QED) is 0.864. The number of hydrogen-bond acceptors (Lipinski definition) is 2. The normalized spacial score (nSPS) is 12.2. The van der Waals surface area contributed by atoms with Crippen molar-refractivity contribution in [2.75, 3.05) is 0 Å². The van der Waals surface area contributed by atoms with Crippen LogP contribution in [0, 0.1) is 6.92 Å². The highest BCUT2D eigenvalue weighted by Gasteiger charge is 2.07. The molecule has 0 saturated carbocycles. The first-order valence-corrected chi connectivity index (χ1v) is 7.25. The average Bonchev–Trinajstić information content (AvgIpc) is 2.44. The number of hydrogen-bond donors (Lipinski definition) is 1. The van der Waals surface area contributed by atoms with E-state index in [1.807, 2.05) is 49.4 Å². The Bertz CT molecular complexity index is 566. The predicted octanol–water partition coefficient (Wildman–Crippen LogP) is 4.72. The molecule has 0 saturated heterocycles. The SMILES string of the molecule is CCC(N)Cc1ccc(Oc2ccc(C)cc2)c(Cl)c1. The second-order valence-corrected chi connectivity index (χ2v) is 5.46. The van der Waals surface area contributed by atoms with Crippen molar-refractivity contribution in [2.45, 2.75) is 32.7 Å². The molecule has 1 atom stereocenters. The Morgan fingerprint density at radius 2 is 1.85 bits per heavy atom. The first-order valence-electron chi connectivity index (χ1n) is 6.87. The molecule has 1 unspecified atom stereocenters. The topological polar surface area (TPSA) is 35.2 Å². The lowest BCUT2D eigenvalue weighted by atomic mass is 10.0. The van der Waals surface area contributed by atoms with Crippen LogP contribution in [-0.2, 0) is 6.42 Å². The molecular weight excluding hydrogens is 270 g/mol. The Labute approximate surface area is 125 Å². The summed E-state index contributed by atoms with van der Waals surface area (Å²) in [7, 11) is 0. The summed E-state index contributed by atoms with van der Waals surface area (Å²) < 4.78 is 5.79. The molecule has 2 aromatic carbocycles. The minimum atomic E-state index is 0.176. The van der Waals surface area contributed by atoms with Gasteiger partial charge in [-0.3, -0.25) is 0 Å². The van der Waals surface area contributed by atoms with Crippen molar-refractivity contribution < 1.29 is 4.74 Å². The summed E-state index contributed by atoms with van der Waals surface area (Å²) in [4.78, 5) is 0. The van der Waals surface area contributed by atoms with Gasteiger partial charge in [-0.05, 0) is 49.6 Å². The number of ether oxygens (including phenoxy) is 1. The Morgan fingerprint density at radius 3 is 2.45 bits per heavy atom. The molecular formula is C17H20ClNO. The molecule has 0 bridgehead atoms. The van der Waals surface area contributed by atoms with Gasteiger partial charge >= 0.3 is 0 Å². The summed E-state index contributed by atoms with van der Waals surface area (Å²) in [6.45, 7) is 4.13. The molecule has 3 heteroatoms. The molecule has 20 heavy (non-hydrogen) atoms. The van der Waals surface area contributed by atoms with Gasteiger partial charge in [-0.1, -0.05) is 42.3 Å². The fourth-order valence-corrected chi connectivity index (χ4v) is 2.18. The van der Waals surface area contributed by atoms with Crippen LogP contribution in [0.4, 0.5) is 0 Å². The lowest BCUT2D eigenvalue weighted by Crippen LogP contribution is -2.21. The van der Waals surface area contributed by atoms with E-state index in [0.717, 1.165) is 24.2 Å². The minimum Gasteiger partial charge on any atom is -0.456 e. The predicted molar refractivity (Wildman–Crippen MR) is 84.7 cm³/mol. The molecule has 0 radical (unpaired) electrons. The highest BCUT2D eigenvalue weighted by atomic mass is 35.5. The lowest BCUT2D eigenvalue weighted by molar-refractivity contribution is 0.482. The van der Waals surface area contributed by atoms with Gasteiger partial charge in [-0.2, -0.15) is 0 Å². The van der Waals surface area contributed by atoms with Crippen LogP contribution in [0.5, 0.6) is 11.5 Å². The number of halogens is 1. The van der Waals surface area contributed by atoms with Crippen molar-refractivity contribution in [3.63, 3.8) is 0 Å². The van der Waals surface area contributed by atoms with Gasteiger partial charge in [-0.25, -0.2) is 0 Å². The Morgan fingerprint density at radius 1 is 1.15 bits per heavy atom. The first-order chi connectivity index (χ1) is 9.58. The van der Waals surface area contributed by atoms with Crippen molar-refractivity contribution in [3.8, 4) is 11.5 Å². The van der Waals surface area contributed by atoms with Crippen LogP contribution in [0.15, 0.2) is 42.5 Å². The zero-order valence-corrected chi connectivity index (χ0v) is 12.7. The third-order valence-electron chi connectivity index (χ3n) is 3.27. The molecule has 0 fully saturated rings. The van der Waals surface area contributed by atoms with Gasteiger partial charge in [0.05, 0.1) is 5.02 Å². The molecule has 2 nitrogen and oxygen atoms in total. The van der Waals surface area contributed by atoms with Crippen molar-refractivity contribution in [1.29, 1.82) is 0 Å². The maximum absolute atomic E-state index is 6.27. The molecule has 0 heterocycles. The fourth-order valence-electron chi connectivity index (χ4n) is 1.93. The molecule has 0 aliphatic rings. The molecule has 0 amide bonds. The van der Waals surface area contributed by atoms with E-state index in [1.165, 1.54) is 5.56 Å². The zero-order chi connectivity index (χ0) is 14.5. The molecule has 0 aliphatic heterocycles. The highest BCUT2D eigenvalue weighted by molar-refractivity contribution is 6.32. The smallest absolute Gasteiger partial charge is 0.146 e. The van der Waals surface area contributed by atoms with Crippen LogP contribution in [0.3, 0.4) is 0 Å². The van der Waals surface area contributed by atoms with Gasteiger partial charge in [0.1, 0.15) is 11.5 Å². The maximum atomic E-state index is 6.27. The summed E-state index contributed by atoms with van der Waals surface area (Å²) in [6.07, 6.45) is 1.79. The van der Waals surface area contributed by atoms with Gasteiger partial charge in [0, 0.05) is 6.04 Å². The van der Waals surface area contributed by atoms with E-state index in [1.54, 1.807) is 0 Å². The number of rotatable bonds is 5. The Kier molecular flexibility index (Phi) is 5.05. The molecule has 2 N–H and O–H groups in total. The molecule has 0 aliphatic carbocycles. The monoisotopic (exact) mass is 289 g/mol. The second-order valence-electron chi connectivity index (χ2n) is 5.05. The number of benzene rings is 2. The van der Waals surface area contributed by atoms with E-state index in [2.05, 4.69) is 6.92 Å². The maximum Gasteiger partial charge on any atom is 0.146 e. The minimum absolute atomic E-state index is 0.176. The summed E-state index contributed by atoms with van der Waals surface area (Å²) in [5, 5.41) is 0.617. The molecule has 0 spiro atoms. The number of aryl methyl sites for hydroxylation is 1. The Hall–Kier alpha value is -1.51. The van der Waals surface area contributed by atoms with Crippen molar-refractivity contribution in [3.05, 3.63) is 58.6 Å². The van der Waals surface area contributed by atoms with Crippen LogP contribution >= 0.6 is 11.6 Å². The summed E-state index contributed by atoms with van der Waals surface area (Å²) in [5.41, 5.74) is 8.30. The lowest BCUT2D eigenvalue weighted by Gasteiger charge is -2.12. The largest absolute Gasteiger partial charge is 0.456 e. The van der Waals surface area contributed by atoms with Gasteiger partial charge < -0.3 is 10.5 Å². The highest BCUT2D eigenvalue weighted by Crippen LogP contribution is 2.30. The van der Waals surface area contributed by atoms with E-state index in [0.29, 0.717) is 10.8 Å². The van der Waals surface area contributed by atoms with Crippen LogP contribution in [0.25, 0.3) is 0 Å². The van der Waals surface area contributed by atoms with Gasteiger partial charge in [0.2, 0.25) is 0 Å². The summed E-state index contributed by atoms with van der Waals surface area (Å²) in [5.74, 6) is 1.46. The van der Waals surface area contributed by atoms with Gasteiger partial charge in [0.15, 0.2) is 0 Å². The molecule has 2 aromatic rings. The molecule has 106 valence electrons. The molecule has 0 aromatic heterocycles. The van der Waals surface area contributed by atoms with Crippen molar-refractivity contribution >= 4 is 11.6 Å². The van der Waals surface area contributed by atoms with Crippen molar-refractivity contribution in [2.24, 2.45) is 5.73 Å². The second kappa shape index (κ2) is 6.78. The summed E-state index contributed by atoms with van der Waals surface area (Å²) in [6, 6.07) is 13.9. The standard InChI is InChI=1S/C17H20ClNO/c1-3-14(19)10-13-6-9-17(16(18)11-13)20-15-7-4-12(2)5-8-15/h4-9,11,14H,3,10,19H2,1-2H3. The van der Waals surface area contributed by atoms with Crippen LogP contribution in [-0.4, -0.2) is 6.04 Å². The third-order valence-corrected chi connectivity index (χ3v) is 3.56. The van der Waals surface area contributed by atoms with E-state index >= 15 is 0 Å². The van der Waals surface area contributed by atoms with E-state index in [9.17, 15) is 0 Å². The zero-order valence-electron chi connectivity index (χ0n) is 11.9. The first kappa shape index (κ1) is 14.9. The van der Waals surface area contributed by atoms with Crippen LogP contribution in [0.2, 0.25) is 5.02 Å². The fraction of sp³-hybridized carbons (Fsp3) is 0.294. The van der Waals surface area contributed by atoms with E-state index in [-0.39, 0.29) is 6.04 Å². The average molecular weight is 290 g/mol.